The largest absolute Gasteiger partial charge is 0.481 e. The highest BCUT2D eigenvalue weighted by molar-refractivity contribution is 5.92. The van der Waals surface area contributed by atoms with Gasteiger partial charge in [0, 0.05) is 38.6 Å². The number of carboxylic acids is 1. The van der Waals surface area contributed by atoms with Crippen molar-refractivity contribution in [2.75, 3.05) is 13.2 Å². The van der Waals surface area contributed by atoms with E-state index < -0.39 is 5.97 Å². The van der Waals surface area contributed by atoms with Crippen molar-refractivity contribution in [3.05, 3.63) is 17.5 Å². The van der Waals surface area contributed by atoms with Gasteiger partial charge in [-0.05, 0) is 37.7 Å². The maximum atomic E-state index is 12.9. The molecule has 1 aliphatic heterocycles. The van der Waals surface area contributed by atoms with Crippen molar-refractivity contribution in [1.82, 2.24) is 15.1 Å². The van der Waals surface area contributed by atoms with Crippen LogP contribution in [0.3, 0.4) is 0 Å². The van der Waals surface area contributed by atoms with E-state index in [1.807, 2.05) is 6.07 Å². The molecule has 2 heterocycles. The Morgan fingerprint density at radius 1 is 1.25 bits per heavy atom. The molecule has 1 atom stereocenters. The number of hydrogen-bond acceptors (Lipinski definition) is 4. The number of carboxylic acid groups (broad SMARTS) is 1. The van der Waals surface area contributed by atoms with Crippen molar-refractivity contribution in [1.29, 1.82) is 0 Å². The Labute approximate surface area is 166 Å². The van der Waals surface area contributed by atoms with Crippen molar-refractivity contribution in [2.45, 2.75) is 76.2 Å². The zero-order valence-corrected chi connectivity index (χ0v) is 16.9. The normalized spacial score (nSPS) is 20.0. The highest BCUT2D eigenvalue weighted by Crippen LogP contribution is 2.29. The summed E-state index contributed by atoms with van der Waals surface area (Å²) >= 11 is 0. The Balaban J connectivity index is 1.64. The average molecular weight is 392 g/mol. The Hall–Kier alpha value is -1.89. The molecular weight excluding hydrogens is 358 g/mol. The van der Waals surface area contributed by atoms with Crippen LogP contribution in [0.4, 0.5) is 0 Å². The van der Waals surface area contributed by atoms with Gasteiger partial charge in [-0.3, -0.25) is 14.3 Å². The number of amides is 1. The second-order valence-corrected chi connectivity index (χ2v) is 8.31. The van der Waals surface area contributed by atoms with E-state index >= 15 is 0 Å². The molecule has 1 saturated carbocycles. The Kier molecular flexibility index (Phi) is 7.48. The monoisotopic (exact) mass is 391 g/mol. The van der Waals surface area contributed by atoms with Gasteiger partial charge >= 0.3 is 5.97 Å². The van der Waals surface area contributed by atoms with E-state index in [4.69, 9.17) is 9.84 Å². The molecule has 1 aromatic rings. The topological polar surface area (TPSA) is 93.5 Å². The molecule has 2 aliphatic rings. The number of nitrogens with zero attached hydrogens (tertiary/aromatic N) is 2. The molecule has 2 N–H and O–H groups in total. The van der Waals surface area contributed by atoms with Crippen molar-refractivity contribution >= 4 is 11.9 Å². The summed E-state index contributed by atoms with van der Waals surface area (Å²) in [5, 5.41) is 16.7. The standard InChI is InChI=1S/C21H33N3O4/c1-24-19(14-18(23-24)16-9-11-28-12-10-16)21(27)22-17(7-8-20(25)26)13-15-5-3-2-4-6-15/h14-17H,2-13H2,1H3,(H,22,27)(H,25,26). The smallest absolute Gasteiger partial charge is 0.303 e. The van der Waals surface area contributed by atoms with Gasteiger partial charge in [-0.1, -0.05) is 32.1 Å². The summed E-state index contributed by atoms with van der Waals surface area (Å²) in [4.78, 5) is 24.0. The number of aryl methyl sites for hydroxylation is 1. The molecule has 1 aliphatic carbocycles. The molecule has 0 radical (unpaired) electrons. The van der Waals surface area contributed by atoms with Crippen LogP contribution in [-0.2, 0) is 16.6 Å². The molecule has 0 aromatic carbocycles. The van der Waals surface area contributed by atoms with Gasteiger partial charge in [-0.2, -0.15) is 5.10 Å². The molecule has 28 heavy (non-hydrogen) atoms. The molecule has 156 valence electrons. The maximum absolute atomic E-state index is 12.9. The van der Waals surface area contributed by atoms with Crippen LogP contribution < -0.4 is 5.32 Å². The van der Waals surface area contributed by atoms with E-state index in [0.29, 0.717) is 24.0 Å². The Bertz CT molecular complexity index is 661. The second-order valence-electron chi connectivity index (χ2n) is 8.31. The number of aliphatic carboxylic acids is 1. The number of hydrogen-bond donors (Lipinski definition) is 2. The molecule has 1 unspecified atom stereocenters. The van der Waals surface area contributed by atoms with Crippen molar-refractivity contribution in [3.8, 4) is 0 Å². The van der Waals surface area contributed by atoms with Crippen LogP contribution in [0, 0.1) is 5.92 Å². The van der Waals surface area contributed by atoms with Crippen LogP contribution in [0.5, 0.6) is 0 Å². The molecule has 3 rings (SSSR count). The number of aromatic nitrogens is 2. The zero-order chi connectivity index (χ0) is 19.9. The summed E-state index contributed by atoms with van der Waals surface area (Å²) in [5.41, 5.74) is 1.50. The van der Waals surface area contributed by atoms with Gasteiger partial charge in [0.2, 0.25) is 0 Å². The number of carbonyl (C=O) groups is 2. The molecule has 7 heteroatoms. The van der Waals surface area contributed by atoms with Gasteiger partial charge in [-0.15, -0.1) is 0 Å². The Morgan fingerprint density at radius 3 is 2.64 bits per heavy atom. The molecule has 1 amide bonds. The van der Waals surface area contributed by atoms with Gasteiger partial charge in [0.1, 0.15) is 5.69 Å². The van der Waals surface area contributed by atoms with E-state index in [1.165, 1.54) is 32.1 Å². The SMILES string of the molecule is Cn1nc(C2CCOCC2)cc1C(=O)NC(CCC(=O)O)CC1CCCCC1. The second kappa shape index (κ2) is 10.0. The van der Waals surface area contributed by atoms with Crippen LogP contribution in [0.1, 0.15) is 86.3 Å². The Morgan fingerprint density at radius 2 is 1.96 bits per heavy atom. The molecule has 1 saturated heterocycles. The summed E-state index contributed by atoms with van der Waals surface area (Å²) in [7, 11) is 1.80. The fraction of sp³-hybridized carbons (Fsp3) is 0.762. The van der Waals surface area contributed by atoms with Crippen molar-refractivity contribution < 1.29 is 19.4 Å². The van der Waals surface area contributed by atoms with E-state index in [9.17, 15) is 9.59 Å². The molecule has 0 spiro atoms. The van der Waals surface area contributed by atoms with Crippen LogP contribution >= 0.6 is 0 Å². The first-order chi connectivity index (χ1) is 13.5. The third kappa shape index (κ3) is 5.80. The fourth-order valence-corrected chi connectivity index (χ4v) is 4.53. The maximum Gasteiger partial charge on any atom is 0.303 e. The number of ether oxygens (including phenoxy) is 1. The first-order valence-electron chi connectivity index (χ1n) is 10.7. The quantitative estimate of drug-likeness (QED) is 0.709. The molecule has 0 bridgehead atoms. The minimum absolute atomic E-state index is 0.0797. The van der Waals surface area contributed by atoms with Crippen LogP contribution in [-0.4, -0.2) is 46.0 Å². The van der Waals surface area contributed by atoms with Gasteiger partial charge in [0.15, 0.2) is 0 Å². The lowest BCUT2D eigenvalue weighted by Crippen LogP contribution is -2.38. The van der Waals surface area contributed by atoms with Gasteiger partial charge in [0.05, 0.1) is 5.69 Å². The lowest BCUT2D eigenvalue weighted by atomic mass is 9.84. The van der Waals surface area contributed by atoms with E-state index in [0.717, 1.165) is 38.2 Å². The summed E-state index contributed by atoms with van der Waals surface area (Å²) in [5.74, 6) is -0.0477. The summed E-state index contributed by atoms with van der Waals surface area (Å²) in [6.07, 6.45) is 9.40. The van der Waals surface area contributed by atoms with E-state index in [2.05, 4.69) is 10.4 Å². The predicted octanol–water partition coefficient (Wildman–Crippen LogP) is 3.25. The molecule has 1 aromatic heterocycles. The van der Waals surface area contributed by atoms with Crippen LogP contribution in [0.25, 0.3) is 0 Å². The molecule has 7 nitrogen and oxygen atoms in total. The number of nitrogens with one attached hydrogen (secondary N) is 1. The molecule has 2 fully saturated rings. The van der Waals surface area contributed by atoms with Crippen LogP contribution in [0.2, 0.25) is 0 Å². The average Bonchev–Trinajstić information content (AvgIpc) is 3.09. The van der Waals surface area contributed by atoms with E-state index in [-0.39, 0.29) is 18.4 Å². The highest BCUT2D eigenvalue weighted by Gasteiger charge is 2.25. The lowest BCUT2D eigenvalue weighted by Gasteiger charge is -2.27. The third-order valence-electron chi connectivity index (χ3n) is 6.16. The summed E-state index contributed by atoms with van der Waals surface area (Å²) in [6, 6.07) is 1.79. The lowest BCUT2D eigenvalue weighted by molar-refractivity contribution is -0.137. The first kappa shape index (κ1) is 20.8. The van der Waals surface area contributed by atoms with Crippen molar-refractivity contribution in [2.24, 2.45) is 13.0 Å². The summed E-state index contributed by atoms with van der Waals surface area (Å²) in [6.45, 7) is 1.48. The van der Waals surface area contributed by atoms with Crippen molar-refractivity contribution in [3.63, 3.8) is 0 Å². The minimum atomic E-state index is -0.815. The van der Waals surface area contributed by atoms with Gasteiger partial charge in [-0.25, -0.2) is 0 Å². The number of rotatable bonds is 8. The minimum Gasteiger partial charge on any atom is -0.481 e. The van der Waals surface area contributed by atoms with Crippen LogP contribution in [0.15, 0.2) is 6.07 Å². The zero-order valence-electron chi connectivity index (χ0n) is 16.9. The number of carbonyl (C=O) groups excluding carboxylic acids is 1. The van der Waals surface area contributed by atoms with E-state index in [1.54, 1.807) is 11.7 Å². The van der Waals surface area contributed by atoms with Gasteiger partial charge < -0.3 is 15.2 Å². The molecular formula is C21H33N3O4. The fourth-order valence-electron chi connectivity index (χ4n) is 4.53. The predicted molar refractivity (Wildman–Crippen MR) is 105 cm³/mol. The first-order valence-corrected chi connectivity index (χ1v) is 10.7. The third-order valence-corrected chi connectivity index (χ3v) is 6.16. The summed E-state index contributed by atoms with van der Waals surface area (Å²) < 4.78 is 7.06. The van der Waals surface area contributed by atoms with Gasteiger partial charge in [0.25, 0.3) is 5.91 Å². The highest BCUT2D eigenvalue weighted by atomic mass is 16.5.